The topological polar surface area (TPSA) is 75.4 Å². The van der Waals surface area contributed by atoms with Crippen molar-refractivity contribution in [2.45, 2.75) is 31.4 Å². The molecule has 0 bridgehead atoms. The average molecular weight is 317 g/mol. The Labute approximate surface area is 128 Å². The maximum atomic E-state index is 12.0. The van der Waals surface area contributed by atoms with Crippen molar-refractivity contribution in [2.75, 3.05) is 6.54 Å². The summed E-state index contributed by atoms with van der Waals surface area (Å²) in [5, 5.41) is 13.7. The smallest absolute Gasteiger partial charge is 0.224 e. The normalized spacial score (nSPS) is 23.6. The van der Waals surface area contributed by atoms with Gasteiger partial charge in [-0.05, 0) is 25.0 Å². The maximum Gasteiger partial charge on any atom is 0.224 e. The van der Waals surface area contributed by atoms with Crippen molar-refractivity contribution in [1.29, 1.82) is 0 Å². The van der Waals surface area contributed by atoms with Gasteiger partial charge in [-0.15, -0.1) is 0 Å². The van der Waals surface area contributed by atoms with Crippen molar-refractivity contribution >= 4 is 29.1 Å². The SMILES string of the molecule is N[C@@H]1CCC[C@H]1C(=O)NC[C@@H](O)c1ccc(Cl)cc1Cl. The zero-order valence-electron chi connectivity index (χ0n) is 11.0. The molecular formula is C14H18Cl2N2O2. The Kier molecular flexibility index (Phi) is 5.27. The predicted octanol–water partition coefficient (Wildman–Crippen LogP) is 2.27. The zero-order chi connectivity index (χ0) is 14.7. The molecule has 1 amide bonds. The van der Waals surface area contributed by atoms with E-state index >= 15 is 0 Å². The number of carbonyl (C=O) groups excluding carboxylic acids is 1. The van der Waals surface area contributed by atoms with Crippen LogP contribution in [0.3, 0.4) is 0 Å². The first-order chi connectivity index (χ1) is 9.49. The number of halogens is 2. The lowest BCUT2D eigenvalue weighted by atomic mass is 10.0. The Morgan fingerprint density at radius 2 is 2.20 bits per heavy atom. The lowest BCUT2D eigenvalue weighted by molar-refractivity contribution is -0.125. The third-order valence-electron chi connectivity index (χ3n) is 3.70. The number of aliphatic hydroxyl groups excluding tert-OH is 1. The highest BCUT2D eigenvalue weighted by Crippen LogP contribution is 2.27. The van der Waals surface area contributed by atoms with Gasteiger partial charge in [0.05, 0.1) is 12.0 Å². The number of hydrogen-bond acceptors (Lipinski definition) is 3. The number of nitrogens with one attached hydrogen (secondary N) is 1. The van der Waals surface area contributed by atoms with Gasteiger partial charge in [0.25, 0.3) is 0 Å². The highest BCUT2D eigenvalue weighted by atomic mass is 35.5. The summed E-state index contributed by atoms with van der Waals surface area (Å²) in [4.78, 5) is 12.0. The van der Waals surface area contributed by atoms with Crippen molar-refractivity contribution in [3.05, 3.63) is 33.8 Å². The molecule has 4 N–H and O–H groups in total. The van der Waals surface area contributed by atoms with Crippen LogP contribution < -0.4 is 11.1 Å². The molecule has 1 aromatic rings. The van der Waals surface area contributed by atoms with Crippen LogP contribution in [0.5, 0.6) is 0 Å². The van der Waals surface area contributed by atoms with E-state index in [9.17, 15) is 9.90 Å². The van der Waals surface area contributed by atoms with Gasteiger partial charge in [-0.3, -0.25) is 4.79 Å². The van der Waals surface area contributed by atoms with E-state index in [0.717, 1.165) is 19.3 Å². The number of benzene rings is 1. The lowest BCUT2D eigenvalue weighted by Crippen LogP contribution is -2.40. The van der Waals surface area contributed by atoms with Crippen molar-refractivity contribution in [1.82, 2.24) is 5.32 Å². The van der Waals surface area contributed by atoms with E-state index in [1.165, 1.54) is 0 Å². The number of amides is 1. The average Bonchev–Trinajstić information content (AvgIpc) is 2.82. The van der Waals surface area contributed by atoms with Gasteiger partial charge in [0.15, 0.2) is 0 Å². The Bertz CT molecular complexity index is 496. The van der Waals surface area contributed by atoms with E-state index in [2.05, 4.69) is 5.32 Å². The molecule has 2 rings (SSSR count). The van der Waals surface area contributed by atoms with Crippen molar-refractivity contribution in [3.8, 4) is 0 Å². The predicted molar refractivity (Wildman–Crippen MR) is 79.7 cm³/mol. The molecule has 0 spiro atoms. The van der Waals surface area contributed by atoms with E-state index in [-0.39, 0.29) is 24.4 Å². The van der Waals surface area contributed by atoms with Gasteiger partial charge < -0.3 is 16.2 Å². The number of nitrogens with two attached hydrogens (primary N) is 1. The molecule has 1 aromatic carbocycles. The fraction of sp³-hybridized carbons (Fsp3) is 0.500. The molecule has 6 heteroatoms. The van der Waals surface area contributed by atoms with E-state index in [1.807, 2.05) is 0 Å². The molecule has 1 aliphatic rings. The molecule has 0 aliphatic heterocycles. The maximum absolute atomic E-state index is 12.0. The minimum Gasteiger partial charge on any atom is -0.387 e. The molecule has 0 radical (unpaired) electrons. The van der Waals surface area contributed by atoms with Crippen molar-refractivity contribution in [3.63, 3.8) is 0 Å². The second-order valence-electron chi connectivity index (χ2n) is 5.13. The standard InChI is InChI=1S/C14H18Cl2N2O2/c15-8-4-5-9(11(16)6-8)13(19)7-18-14(20)10-2-1-3-12(10)17/h4-6,10,12-13,19H,1-3,7,17H2,(H,18,20)/t10-,12-,13-/m1/s1. The van der Waals surface area contributed by atoms with Gasteiger partial charge in [-0.2, -0.15) is 0 Å². The van der Waals surface area contributed by atoms with Gasteiger partial charge >= 0.3 is 0 Å². The van der Waals surface area contributed by atoms with Crippen LogP contribution in [0.2, 0.25) is 10.0 Å². The lowest BCUT2D eigenvalue weighted by Gasteiger charge is -2.18. The van der Waals surface area contributed by atoms with E-state index < -0.39 is 6.10 Å². The monoisotopic (exact) mass is 316 g/mol. The van der Waals surface area contributed by atoms with Crippen LogP contribution in [-0.4, -0.2) is 23.6 Å². The van der Waals surface area contributed by atoms with Crippen molar-refractivity contribution < 1.29 is 9.90 Å². The summed E-state index contributed by atoms with van der Waals surface area (Å²) >= 11 is 11.8. The molecule has 1 fully saturated rings. The van der Waals surface area contributed by atoms with Gasteiger partial charge in [-0.25, -0.2) is 0 Å². The fourth-order valence-corrected chi connectivity index (χ4v) is 3.06. The quantitative estimate of drug-likeness (QED) is 0.797. The Hall–Kier alpha value is -0.810. The van der Waals surface area contributed by atoms with Crippen LogP contribution in [0.15, 0.2) is 18.2 Å². The van der Waals surface area contributed by atoms with Gasteiger partial charge in [0.1, 0.15) is 0 Å². The highest BCUT2D eigenvalue weighted by molar-refractivity contribution is 6.35. The van der Waals surface area contributed by atoms with Crippen LogP contribution in [0.4, 0.5) is 0 Å². The number of hydrogen-bond donors (Lipinski definition) is 3. The summed E-state index contributed by atoms with van der Waals surface area (Å²) < 4.78 is 0. The molecule has 3 atom stereocenters. The minimum atomic E-state index is -0.860. The third-order valence-corrected chi connectivity index (χ3v) is 4.26. The second-order valence-corrected chi connectivity index (χ2v) is 5.97. The summed E-state index contributed by atoms with van der Waals surface area (Å²) in [7, 11) is 0. The Balaban J connectivity index is 1.91. The molecule has 110 valence electrons. The number of rotatable bonds is 4. The fourth-order valence-electron chi connectivity index (χ4n) is 2.52. The molecule has 4 nitrogen and oxygen atoms in total. The van der Waals surface area contributed by atoms with Crippen LogP contribution >= 0.6 is 23.2 Å². The van der Waals surface area contributed by atoms with Gasteiger partial charge in [0, 0.05) is 28.2 Å². The van der Waals surface area contributed by atoms with Crippen LogP contribution in [-0.2, 0) is 4.79 Å². The number of carbonyl (C=O) groups is 1. The molecule has 1 aliphatic carbocycles. The van der Waals surface area contributed by atoms with E-state index in [0.29, 0.717) is 15.6 Å². The summed E-state index contributed by atoms with van der Waals surface area (Å²) in [6.45, 7) is 0.114. The highest BCUT2D eigenvalue weighted by Gasteiger charge is 2.30. The zero-order valence-corrected chi connectivity index (χ0v) is 12.5. The summed E-state index contributed by atoms with van der Waals surface area (Å²) in [5.41, 5.74) is 6.43. The molecule has 0 saturated heterocycles. The molecule has 1 saturated carbocycles. The van der Waals surface area contributed by atoms with Gasteiger partial charge in [0.2, 0.25) is 5.91 Å². The largest absolute Gasteiger partial charge is 0.387 e. The van der Waals surface area contributed by atoms with Gasteiger partial charge in [-0.1, -0.05) is 35.7 Å². The summed E-state index contributed by atoms with van der Waals surface area (Å²) in [6.07, 6.45) is 1.81. The first-order valence-corrected chi connectivity index (χ1v) is 7.41. The number of aliphatic hydroxyl groups is 1. The summed E-state index contributed by atoms with van der Waals surface area (Å²) in [6, 6.07) is 4.80. The molecular weight excluding hydrogens is 299 g/mol. The first-order valence-electron chi connectivity index (χ1n) is 6.65. The second kappa shape index (κ2) is 6.76. The van der Waals surface area contributed by atoms with Crippen LogP contribution in [0.25, 0.3) is 0 Å². The third kappa shape index (κ3) is 3.64. The van der Waals surface area contributed by atoms with Crippen LogP contribution in [0, 0.1) is 5.92 Å². The first kappa shape index (κ1) is 15.6. The molecule has 20 heavy (non-hydrogen) atoms. The minimum absolute atomic E-state index is 0.0775. The Morgan fingerprint density at radius 1 is 1.45 bits per heavy atom. The summed E-state index contributed by atoms with van der Waals surface area (Å²) in [5.74, 6) is -0.248. The molecule has 0 aromatic heterocycles. The molecule has 0 unspecified atom stereocenters. The molecule has 0 heterocycles. The Morgan fingerprint density at radius 3 is 2.80 bits per heavy atom. The van der Waals surface area contributed by atoms with Crippen molar-refractivity contribution in [2.24, 2.45) is 11.7 Å². The van der Waals surface area contributed by atoms with E-state index in [4.69, 9.17) is 28.9 Å². The van der Waals surface area contributed by atoms with Crippen LogP contribution in [0.1, 0.15) is 30.9 Å². The van der Waals surface area contributed by atoms with E-state index in [1.54, 1.807) is 18.2 Å².